The highest BCUT2D eigenvalue weighted by atomic mass is 15.4. The van der Waals surface area contributed by atoms with E-state index >= 15 is 0 Å². The van der Waals surface area contributed by atoms with Crippen LogP contribution in [0.2, 0.25) is 0 Å². The molecule has 35 heavy (non-hydrogen) atoms. The fourth-order valence-electron chi connectivity index (χ4n) is 4.09. The van der Waals surface area contributed by atoms with Gasteiger partial charge in [-0.2, -0.15) is 0 Å². The van der Waals surface area contributed by atoms with Crippen molar-refractivity contribution in [1.82, 2.24) is 19.9 Å². The second-order valence-electron chi connectivity index (χ2n) is 8.17. The topological polar surface area (TPSA) is 58.0 Å². The molecule has 1 aromatic carbocycles. The van der Waals surface area contributed by atoms with E-state index in [2.05, 4.69) is 73.5 Å². The van der Waals surface area contributed by atoms with E-state index in [0.717, 1.165) is 52.1 Å². The average molecular weight is 455 g/mol. The number of rotatable bonds is 5. The summed E-state index contributed by atoms with van der Waals surface area (Å²) in [6.45, 7) is 0.721. The summed E-state index contributed by atoms with van der Waals surface area (Å²) in [6.07, 6.45) is 9.52. The van der Waals surface area contributed by atoms with Crippen LogP contribution in [-0.4, -0.2) is 26.6 Å². The molecule has 168 valence electrons. The van der Waals surface area contributed by atoms with E-state index < -0.39 is 0 Å². The SMILES string of the molecule is C1=CN(c2ccccn2)CN1c1ccc(-c2cc(-c3ccccn3)nc(-c3ccccn3)c2)cc1. The summed E-state index contributed by atoms with van der Waals surface area (Å²) < 4.78 is 0. The molecule has 0 unspecified atom stereocenters. The van der Waals surface area contributed by atoms with E-state index in [1.807, 2.05) is 60.8 Å². The highest BCUT2D eigenvalue weighted by Crippen LogP contribution is 2.31. The van der Waals surface area contributed by atoms with Crippen molar-refractivity contribution >= 4 is 11.5 Å². The monoisotopic (exact) mass is 454 g/mol. The minimum atomic E-state index is 0.721. The highest BCUT2D eigenvalue weighted by Gasteiger charge is 2.16. The van der Waals surface area contributed by atoms with Crippen molar-refractivity contribution in [2.45, 2.75) is 0 Å². The molecule has 0 atom stereocenters. The van der Waals surface area contributed by atoms with E-state index in [4.69, 9.17) is 4.98 Å². The molecule has 0 saturated carbocycles. The van der Waals surface area contributed by atoms with Crippen LogP contribution in [0.15, 0.2) is 122 Å². The van der Waals surface area contributed by atoms with Crippen LogP contribution in [0.25, 0.3) is 33.9 Å². The summed E-state index contributed by atoms with van der Waals surface area (Å²) in [5.74, 6) is 0.934. The van der Waals surface area contributed by atoms with Gasteiger partial charge in [0.2, 0.25) is 0 Å². The third-order valence-electron chi connectivity index (χ3n) is 5.89. The van der Waals surface area contributed by atoms with Crippen molar-refractivity contribution in [3.05, 3.63) is 122 Å². The molecule has 6 nitrogen and oxygen atoms in total. The van der Waals surface area contributed by atoms with E-state index in [9.17, 15) is 0 Å². The van der Waals surface area contributed by atoms with Crippen molar-refractivity contribution in [2.75, 3.05) is 16.5 Å². The Morgan fingerprint density at radius 1 is 0.514 bits per heavy atom. The fourth-order valence-corrected chi connectivity index (χ4v) is 4.09. The zero-order chi connectivity index (χ0) is 23.5. The van der Waals surface area contributed by atoms with Gasteiger partial charge in [-0.25, -0.2) is 9.97 Å². The summed E-state index contributed by atoms with van der Waals surface area (Å²) in [7, 11) is 0. The molecule has 0 spiro atoms. The molecule has 0 N–H and O–H groups in total. The first-order chi connectivity index (χ1) is 17.3. The number of hydrogen-bond acceptors (Lipinski definition) is 6. The van der Waals surface area contributed by atoms with Gasteiger partial charge in [0, 0.05) is 36.7 Å². The molecule has 0 saturated heterocycles. The van der Waals surface area contributed by atoms with E-state index in [0.29, 0.717) is 0 Å². The Hall–Kier alpha value is -4.84. The van der Waals surface area contributed by atoms with Gasteiger partial charge in [-0.3, -0.25) is 9.97 Å². The third kappa shape index (κ3) is 4.37. The van der Waals surface area contributed by atoms with E-state index in [-0.39, 0.29) is 0 Å². The molecule has 0 fully saturated rings. The number of aromatic nitrogens is 4. The van der Waals surface area contributed by atoms with Crippen molar-refractivity contribution in [1.29, 1.82) is 0 Å². The minimum absolute atomic E-state index is 0.721. The molecule has 6 heteroatoms. The first-order valence-electron chi connectivity index (χ1n) is 11.4. The summed E-state index contributed by atoms with van der Waals surface area (Å²) >= 11 is 0. The van der Waals surface area contributed by atoms with Gasteiger partial charge in [0.05, 0.1) is 22.8 Å². The number of nitrogens with zero attached hydrogens (tertiary/aromatic N) is 6. The van der Waals surface area contributed by atoms with Crippen LogP contribution >= 0.6 is 0 Å². The maximum Gasteiger partial charge on any atom is 0.133 e. The lowest BCUT2D eigenvalue weighted by Gasteiger charge is -2.21. The first kappa shape index (κ1) is 20.7. The van der Waals surface area contributed by atoms with Crippen LogP contribution < -0.4 is 9.80 Å². The Kier molecular flexibility index (Phi) is 5.45. The zero-order valence-electron chi connectivity index (χ0n) is 18.9. The molecule has 1 aliphatic rings. The van der Waals surface area contributed by atoms with Crippen LogP contribution in [0, 0.1) is 0 Å². The third-order valence-corrected chi connectivity index (χ3v) is 5.89. The van der Waals surface area contributed by atoms with Gasteiger partial charge < -0.3 is 9.80 Å². The van der Waals surface area contributed by atoms with Crippen LogP contribution in [0.5, 0.6) is 0 Å². The average Bonchev–Trinajstić information content (AvgIpc) is 3.45. The molecular formula is C29H22N6. The Morgan fingerprint density at radius 3 is 1.69 bits per heavy atom. The summed E-state index contributed by atoms with van der Waals surface area (Å²) in [4.78, 5) is 22.6. The predicted molar refractivity (Wildman–Crippen MR) is 139 cm³/mol. The quantitative estimate of drug-likeness (QED) is 0.324. The van der Waals surface area contributed by atoms with Gasteiger partial charge in [0.25, 0.3) is 0 Å². The van der Waals surface area contributed by atoms with E-state index in [1.165, 1.54) is 0 Å². The Morgan fingerprint density at radius 2 is 1.11 bits per heavy atom. The van der Waals surface area contributed by atoms with Crippen LogP contribution in [0.3, 0.4) is 0 Å². The maximum atomic E-state index is 4.86. The molecule has 0 radical (unpaired) electrons. The second-order valence-corrected chi connectivity index (χ2v) is 8.17. The smallest absolute Gasteiger partial charge is 0.133 e. The summed E-state index contributed by atoms with van der Waals surface area (Å²) in [6, 6.07) is 30.4. The van der Waals surface area contributed by atoms with Gasteiger partial charge in [-0.05, 0) is 71.8 Å². The van der Waals surface area contributed by atoms with Crippen molar-refractivity contribution in [3.8, 4) is 33.9 Å². The molecule has 1 aliphatic heterocycles. The van der Waals surface area contributed by atoms with Gasteiger partial charge >= 0.3 is 0 Å². The largest absolute Gasteiger partial charge is 0.328 e. The highest BCUT2D eigenvalue weighted by molar-refractivity contribution is 5.76. The van der Waals surface area contributed by atoms with Gasteiger partial charge in [0.1, 0.15) is 12.5 Å². The standard InChI is InChI=1S/C29H22N6/c1-4-14-30-25(7-1)27-19-23(20-28(33-27)26-8-2-5-15-31-26)22-10-12-24(13-11-22)34-17-18-35(21-34)29-9-3-6-16-32-29/h1-20H,21H2. The number of benzene rings is 1. The van der Waals surface area contributed by atoms with Crippen LogP contribution in [0.4, 0.5) is 11.5 Å². The van der Waals surface area contributed by atoms with Crippen molar-refractivity contribution in [3.63, 3.8) is 0 Å². The lowest BCUT2D eigenvalue weighted by Crippen LogP contribution is -2.25. The predicted octanol–water partition coefficient (Wildman–Crippen LogP) is 6.02. The zero-order valence-corrected chi connectivity index (χ0v) is 18.9. The molecule has 0 bridgehead atoms. The minimum Gasteiger partial charge on any atom is -0.328 e. The number of hydrogen-bond donors (Lipinski definition) is 0. The summed E-state index contributed by atoms with van der Waals surface area (Å²) in [5, 5.41) is 0. The Bertz CT molecular complexity index is 1390. The molecule has 0 amide bonds. The van der Waals surface area contributed by atoms with E-state index in [1.54, 1.807) is 12.4 Å². The van der Waals surface area contributed by atoms with Crippen LogP contribution in [0.1, 0.15) is 0 Å². The number of anilines is 2. The van der Waals surface area contributed by atoms with Crippen molar-refractivity contribution in [2.24, 2.45) is 0 Å². The lowest BCUT2D eigenvalue weighted by molar-refractivity contribution is 0.954. The Labute approximate surface area is 203 Å². The summed E-state index contributed by atoms with van der Waals surface area (Å²) in [5.41, 5.74) is 6.60. The molecular weight excluding hydrogens is 432 g/mol. The molecule has 0 aliphatic carbocycles. The van der Waals surface area contributed by atoms with Gasteiger partial charge in [0.15, 0.2) is 0 Å². The molecule has 5 heterocycles. The van der Waals surface area contributed by atoms with Gasteiger partial charge in [-0.1, -0.05) is 30.3 Å². The maximum absolute atomic E-state index is 4.86. The first-order valence-corrected chi connectivity index (χ1v) is 11.4. The fraction of sp³-hybridized carbons (Fsp3) is 0.0345. The Balaban J connectivity index is 1.31. The van der Waals surface area contributed by atoms with Crippen molar-refractivity contribution < 1.29 is 0 Å². The van der Waals surface area contributed by atoms with Gasteiger partial charge in [-0.15, -0.1) is 0 Å². The number of pyridine rings is 4. The molecule has 4 aromatic heterocycles. The molecule has 6 rings (SSSR count). The lowest BCUT2D eigenvalue weighted by atomic mass is 10.0. The molecule has 5 aromatic rings. The second kappa shape index (κ2) is 9.19. The van der Waals surface area contributed by atoms with Crippen LogP contribution in [-0.2, 0) is 0 Å². The normalized spacial score (nSPS) is 12.8.